The molecule has 2 radical (unpaired) electrons. The molecule has 0 fully saturated rings. The fraction of sp³-hybridized carbons (Fsp3) is 0. The zero-order chi connectivity index (χ0) is 6.10. The van der Waals surface area contributed by atoms with Gasteiger partial charge in [-0.05, 0) is 18.2 Å². The van der Waals surface area contributed by atoms with Crippen LogP contribution in [0.25, 0.3) is 11.1 Å². The van der Waals surface area contributed by atoms with E-state index in [0.29, 0.717) is 11.1 Å². The summed E-state index contributed by atoms with van der Waals surface area (Å²) in [6.45, 7) is 0. The summed E-state index contributed by atoms with van der Waals surface area (Å²) in [5, 5.41) is 6.96. The van der Waals surface area contributed by atoms with E-state index < -0.39 is 0 Å². The molecule has 1 aromatic carbocycles. The third-order valence-electron chi connectivity index (χ3n) is 1.02. The van der Waals surface area contributed by atoms with Gasteiger partial charge < -0.3 is 4.52 Å². The molecule has 1 heterocycles. The predicted molar refractivity (Wildman–Crippen MR) is 29.5 cm³/mol. The largest absolute Gasteiger partial charge is 0.336 e. The Morgan fingerprint density at radius 2 is 2.56 bits per heavy atom. The highest BCUT2D eigenvalue weighted by Gasteiger charge is 1.94. The lowest BCUT2D eigenvalue weighted by molar-refractivity contribution is 0.423. The van der Waals surface area contributed by atoms with Crippen LogP contribution in [0.3, 0.4) is 0 Å². The Bertz CT molecular complexity index is 285. The summed E-state index contributed by atoms with van der Waals surface area (Å²) in [6.07, 6.45) is 0. The van der Waals surface area contributed by atoms with E-state index in [1.807, 2.05) is 0 Å². The molecule has 0 aliphatic rings. The fourth-order valence-electron chi connectivity index (χ4n) is 0.620. The minimum absolute atomic E-state index is 0.578. The van der Waals surface area contributed by atoms with Crippen molar-refractivity contribution >= 4 is 11.1 Å². The Morgan fingerprint density at radius 3 is 3.44 bits per heavy atom. The highest BCUT2D eigenvalue weighted by molar-refractivity contribution is 5.69. The van der Waals surface area contributed by atoms with Gasteiger partial charge in [-0.15, -0.1) is 5.10 Å². The van der Waals surface area contributed by atoms with Crippen molar-refractivity contribution in [2.75, 3.05) is 0 Å². The molecule has 2 aromatic rings. The number of hydrogen-bond donors (Lipinski definition) is 0. The molecule has 3 heteroatoms. The molecule has 2 rings (SSSR count). The minimum atomic E-state index is 0.578. The number of fused-ring (bicyclic) bond motifs is 1. The predicted octanol–water partition coefficient (Wildman–Crippen LogP) is 0.823. The lowest BCUT2D eigenvalue weighted by Gasteiger charge is -1.75. The van der Waals surface area contributed by atoms with Crippen LogP contribution in [0.1, 0.15) is 0 Å². The lowest BCUT2D eigenvalue weighted by Crippen LogP contribution is -1.64. The van der Waals surface area contributed by atoms with E-state index in [2.05, 4.69) is 27.0 Å². The zero-order valence-corrected chi connectivity index (χ0v) is 4.46. The van der Waals surface area contributed by atoms with Gasteiger partial charge in [0.15, 0.2) is 5.58 Å². The molecule has 0 aliphatic carbocycles. The molecule has 0 unspecified atom stereocenters. The van der Waals surface area contributed by atoms with Crippen molar-refractivity contribution in [1.82, 2.24) is 10.4 Å². The summed E-state index contributed by atoms with van der Waals surface area (Å²) < 4.78 is 4.68. The number of rotatable bonds is 0. The summed E-state index contributed by atoms with van der Waals surface area (Å²) >= 11 is 0. The zero-order valence-electron chi connectivity index (χ0n) is 4.46. The van der Waals surface area contributed by atoms with Crippen molar-refractivity contribution in [1.29, 1.82) is 0 Å². The molecule has 0 atom stereocenters. The topological polar surface area (TPSA) is 38.9 Å². The van der Waals surface area contributed by atoms with Gasteiger partial charge in [-0.3, -0.25) is 0 Å². The Hall–Kier alpha value is -1.38. The third-order valence-corrected chi connectivity index (χ3v) is 1.02. The maximum absolute atomic E-state index is 4.68. The number of nitrogens with zero attached hydrogens (tertiary/aromatic N) is 2. The van der Waals surface area contributed by atoms with E-state index in [0.717, 1.165) is 0 Å². The molecule has 42 valence electrons. The summed E-state index contributed by atoms with van der Waals surface area (Å²) in [4.78, 5) is 0. The molecule has 0 amide bonds. The second kappa shape index (κ2) is 1.55. The Kier molecular flexibility index (Phi) is 0.773. The number of benzene rings is 1. The smallest absolute Gasteiger partial charge is 0.195 e. The first-order chi connectivity index (χ1) is 4.47. The molecule has 0 N–H and O–H groups in total. The van der Waals surface area contributed by atoms with Crippen molar-refractivity contribution in [3.05, 3.63) is 24.3 Å². The van der Waals surface area contributed by atoms with Crippen molar-refractivity contribution in [3.63, 3.8) is 0 Å². The Morgan fingerprint density at radius 1 is 1.56 bits per heavy atom. The summed E-state index contributed by atoms with van der Waals surface area (Å²) in [5.74, 6) is 0. The van der Waals surface area contributed by atoms with Gasteiger partial charge in [0.25, 0.3) is 0 Å². The first-order valence-electron chi connectivity index (χ1n) is 2.47. The van der Waals surface area contributed by atoms with Crippen LogP contribution >= 0.6 is 0 Å². The normalized spacial score (nSPS) is 10.2. The van der Waals surface area contributed by atoms with Crippen LogP contribution in [0.15, 0.2) is 16.7 Å². The third kappa shape index (κ3) is 0.579. The molecule has 0 bridgehead atoms. The molecule has 1 aromatic heterocycles. The Labute approximate surface area is 51.3 Å². The first kappa shape index (κ1) is 4.49. The molecule has 0 saturated heterocycles. The van der Waals surface area contributed by atoms with Crippen molar-refractivity contribution < 1.29 is 4.52 Å². The second-order valence-electron chi connectivity index (χ2n) is 1.59. The van der Waals surface area contributed by atoms with E-state index in [-0.39, 0.29) is 0 Å². The van der Waals surface area contributed by atoms with Crippen LogP contribution in [-0.4, -0.2) is 10.4 Å². The quantitative estimate of drug-likeness (QED) is 0.514. The standard InChI is InChI=1S/C6H2N2O/c1-2-4-6-5(3-1)7-8-9-6/h2-3H. The monoisotopic (exact) mass is 118 g/mol. The van der Waals surface area contributed by atoms with Gasteiger partial charge in [-0.1, -0.05) is 0 Å². The van der Waals surface area contributed by atoms with Gasteiger partial charge in [-0.25, -0.2) is 0 Å². The maximum atomic E-state index is 4.68. The fourth-order valence-corrected chi connectivity index (χ4v) is 0.620. The van der Waals surface area contributed by atoms with E-state index in [1.54, 1.807) is 12.1 Å². The van der Waals surface area contributed by atoms with Crippen LogP contribution < -0.4 is 0 Å². The van der Waals surface area contributed by atoms with Gasteiger partial charge in [0, 0.05) is 11.3 Å². The van der Waals surface area contributed by atoms with Gasteiger partial charge in [0.05, 0.1) is 0 Å². The summed E-state index contributed by atoms with van der Waals surface area (Å²) in [6, 6.07) is 8.92. The molecule has 0 saturated carbocycles. The van der Waals surface area contributed by atoms with Crippen molar-refractivity contribution in [3.8, 4) is 0 Å². The van der Waals surface area contributed by atoms with E-state index in [9.17, 15) is 0 Å². The minimum Gasteiger partial charge on any atom is -0.336 e. The molecular weight excluding hydrogens is 116 g/mol. The van der Waals surface area contributed by atoms with Crippen LogP contribution in [0, 0.1) is 12.1 Å². The lowest BCUT2D eigenvalue weighted by atomic mass is 10.3. The van der Waals surface area contributed by atoms with Gasteiger partial charge in [0.1, 0.15) is 5.52 Å². The summed E-state index contributed by atoms with van der Waals surface area (Å²) in [7, 11) is 0. The average molecular weight is 118 g/mol. The highest BCUT2D eigenvalue weighted by atomic mass is 16.5. The van der Waals surface area contributed by atoms with Crippen LogP contribution in [-0.2, 0) is 0 Å². The first-order valence-corrected chi connectivity index (χ1v) is 2.47. The molecule has 3 nitrogen and oxygen atoms in total. The van der Waals surface area contributed by atoms with Gasteiger partial charge in [-0.2, -0.15) is 0 Å². The van der Waals surface area contributed by atoms with Gasteiger partial charge in [0.2, 0.25) is 0 Å². The number of aromatic nitrogens is 2. The average Bonchev–Trinajstić information content (AvgIpc) is 2.33. The SMILES string of the molecule is [c]1c[c]c2onnc2c1. The van der Waals surface area contributed by atoms with Crippen LogP contribution in [0.5, 0.6) is 0 Å². The highest BCUT2D eigenvalue weighted by Crippen LogP contribution is 2.05. The van der Waals surface area contributed by atoms with Crippen molar-refractivity contribution in [2.24, 2.45) is 0 Å². The van der Waals surface area contributed by atoms with E-state index >= 15 is 0 Å². The van der Waals surface area contributed by atoms with Crippen LogP contribution in [0.2, 0.25) is 0 Å². The Balaban J connectivity index is 2.95. The van der Waals surface area contributed by atoms with Gasteiger partial charge >= 0.3 is 0 Å². The molecule has 0 aliphatic heterocycles. The van der Waals surface area contributed by atoms with Crippen LogP contribution in [0.4, 0.5) is 0 Å². The molecule has 0 spiro atoms. The summed E-state index contributed by atoms with van der Waals surface area (Å²) in [5.41, 5.74) is 1.27. The van der Waals surface area contributed by atoms with E-state index in [4.69, 9.17) is 0 Å². The maximum Gasteiger partial charge on any atom is 0.195 e. The van der Waals surface area contributed by atoms with Crippen molar-refractivity contribution in [2.45, 2.75) is 0 Å². The van der Waals surface area contributed by atoms with E-state index in [1.165, 1.54) is 0 Å². The molecular formula is C6H2N2O. The second-order valence-corrected chi connectivity index (χ2v) is 1.59. The molecule has 9 heavy (non-hydrogen) atoms. The number of hydrogen-bond acceptors (Lipinski definition) is 3.